The number of aromatic hydroxyl groups is 1. The number of nitrogens with one attached hydrogen (secondary N) is 1. The van der Waals surface area contributed by atoms with E-state index in [2.05, 4.69) is 5.32 Å². The summed E-state index contributed by atoms with van der Waals surface area (Å²) in [6.45, 7) is 1.17. The van der Waals surface area contributed by atoms with Gasteiger partial charge in [-0.1, -0.05) is 18.6 Å². The summed E-state index contributed by atoms with van der Waals surface area (Å²) in [5, 5.41) is 22.3. The van der Waals surface area contributed by atoms with Gasteiger partial charge in [-0.15, -0.1) is 0 Å². The maximum Gasteiger partial charge on any atom is 0.306 e. The maximum atomic E-state index is 11.1. The van der Waals surface area contributed by atoms with Gasteiger partial charge in [0.05, 0.1) is 13.0 Å². The van der Waals surface area contributed by atoms with Crippen LogP contribution in [0.25, 0.3) is 0 Å². The molecule has 1 aliphatic rings. The summed E-state index contributed by atoms with van der Waals surface area (Å²) in [7, 11) is 1.52. The van der Waals surface area contributed by atoms with E-state index < -0.39 is 5.97 Å². The molecule has 2 atom stereocenters. The molecule has 0 aliphatic heterocycles. The molecule has 0 spiro atoms. The Hall–Kier alpha value is -1.75. The van der Waals surface area contributed by atoms with Crippen molar-refractivity contribution in [2.24, 2.45) is 11.8 Å². The van der Waals surface area contributed by atoms with Crippen LogP contribution in [-0.2, 0) is 11.3 Å². The summed E-state index contributed by atoms with van der Waals surface area (Å²) in [6.07, 6.45) is 2.70. The summed E-state index contributed by atoms with van der Waals surface area (Å²) >= 11 is 0. The third-order valence-corrected chi connectivity index (χ3v) is 4.00. The highest BCUT2D eigenvalue weighted by Crippen LogP contribution is 2.32. The van der Waals surface area contributed by atoms with Crippen LogP contribution >= 0.6 is 0 Å². The molecule has 5 nitrogen and oxygen atoms in total. The van der Waals surface area contributed by atoms with Crippen LogP contribution in [0.1, 0.15) is 24.8 Å². The summed E-state index contributed by atoms with van der Waals surface area (Å²) in [4.78, 5) is 11.1. The molecule has 2 rings (SSSR count). The monoisotopic (exact) mass is 279 g/mol. The first-order valence-corrected chi connectivity index (χ1v) is 6.92. The van der Waals surface area contributed by atoms with Gasteiger partial charge in [0.2, 0.25) is 0 Å². The van der Waals surface area contributed by atoms with Crippen LogP contribution in [0.3, 0.4) is 0 Å². The number of aliphatic carboxylic acids is 1. The number of rotatable bonds is 6. The van der Waals surface area contributed by atoms with Gasteiger partial charge in [0.15, 0.2) is 11.5 Å². The second kappa shape index (κ2) is 6.61. The molecule has 1 aliphatic carbocycles. The Morgan fingerprint density at radius 3 is 2.95 bits per heavy atom. The number of carboxylic acids is 1. The van der Waals surface area contributed by atoms with Gasteiger partial charge in [-0.25, -0.2) is 0 Å². The van der Waals surface area contributed by atoms with Gasteiger partial charge in [0.25, 0.3) is 0 Å². The number of hydrogen-bond donors (Lipinski definition) is 3. The minimum absolute atomic E-state index is 0.142. The number of carbonyl (C=O) groups is 1. The standard InChI is InChI=1S/C15H21NO4/c1-20-13-7-3-5-11(14(13)17)9-16-8-10-4-2-6-12(10)15(18)19/h3,5,7,10,12,16-17H,2,4,6,8-9H2,1H3,(H,18,19). The van der Waals surface area contributed by atoms with E-state index in [1.165, 1.54) is 7.11 Å². The Morgan fingerprint density at radius 2 is 2.25 bits per heavy atom. The summed E-state index contributed by atoms with van der Waals surface area (Å²) in [5.41, 5.74) is 0.759. The zero-order valence-corrected chi connectivity index (χ0v) is 11.6. The first kappa shape index (κ1) is 14.7. The van der Waals surface area contributed by atoms with Crippen molar-refractivity contribution in [3.8, 4) is 11.5 Å². The van der Waals surface area contributed by atoms with Crippen LogP contribution in [0.5, 0.6) is 11.5 Å². The molecule has 1 aromatic carbocycles. The normalized spacial score (nSPS) is 21.9. The zero-order valence-electron chi connectivity index (χ0n) is 11.6. The minimum atomic E-state index is -0.696. The molecule has 1 saturated carbocycles. The van der Waals surface area contributed by atoms with E-state index in [1.54, 1.807) is 6.07 Å². The highest BCUT2D eigenvalue weighted by Gasteiger charge is 2.32. The Bertz CT molecular complexity index is 475. The number of methoxy groups -OCH3 is 1. The molecule has 1 aromatic rings. The molecule has 110 valence electrons. The lowest BCUT2D eigenvalue weighted by Crippen LogP contribution is -2.28. The number of phenolic OH excluding ortho intramolecular Hbond substituents is 1. The van der Waals surface area contributed by atoms with Crippen LogP contribution < -0.4 is 10.1 Å². The van der Waals surface area contributed by atoms with Crippen molar-refractivity contribution in [3.05, 3.63) is 23.8 Å². The van der Waals surface area contributed by atoms with Crippen LogP contribution in [0, 0.1) is 11.8 Å². The lowest BCUT2D eigenvalue weighted by molar-refractivity contribution is -0.142. The van der Waals surface area contributed by atoms with Crippen molar-refractivity contribution < 1.29 is 19.7 Å². The average Bonchev–Trinajstić information content (AvgIpc) is 2.89. The van der Waals surface area contributed by atoms with Crippen molar-refractivity contribution in [2.75, 3.05) is 13.7 Å². The largest absolute Gasteiger partial charge is 0.504 e. The Kier molecular flexibility index (Phi) is 4.84. The van der Waals surface area contributed by atoms with E-state index in [1.807, 2.05) is 12.1 Å². The van der Waals surface area contributed by atoms with Crippen LogP contribution in [0.4, 0.5) is 0 Å². The van der Waals surface area contributed by atoms with Gasteiger partial charge in [0, 0.05) is 12.1 Å². The van der Waals surface area contributed by atoms with Crippen molar-refractivity contribution >= 4 is 5.97 Å². The molecule has 1 fully saturated rings. The number of para-hydroxylation sites is 1. The smallest absolute Gasteiger partial charge is 0.306 e. The van der Waals surface area contributed by atoms with Gasteiger partial charge < -0.3 is 20.3 Å². The average molecular weight is 279 g/mol. The Labute approximate surface area is 118 Å². The van der Waals surface area contributed by atoms with Crippen molar-refractivity contribution in [1.82, 2.24) is 5.32 Å². The number of phenols is 1. The second-order valence-electron chi connectivity index (χ2n) is 5.23. The fourth-order valence-electron chi connectivity index (χ4n) is 2.87. The lowest BCUT2D eigenvalue weighted by Gasteiger charge is -2.17. The van der Waals surface area contributed by atoms with Gasteiger partial charge >= 0.3 is 5.97 Å². The highest BCUT2D eigenvalue weighted by molar-refractivity contribution is 5.70. The summed E-state index contributed by atoms with van der Waals surface area (Å²) in [6, 6.07) is 5.36. The molecule has 2 unspecified atom stereocenters. The van der Waals surface area contributed by atoms with Crippen LogP contribution in [0.2, 0.25) is 0 Å². The third kappa shape index (κ3) is 3.22. The summed E-state index contributed by atoms with van der Waals surface area (Å²) in [5.74, 6) is -0.155. The van der Waals surface area contributed by atoms with Crippen molar-refractivity contribution in [2.45, 2.75) is 25.8 Å². The first-order valence-electron chi connectivity index (χ1n) is 6.92. The number of benzene rings is 1. The number of ether oxygens (including phenoxy) is 1. The fraction of sp³-hybridized carbons (Fsp3) is 0.533. The van der Waals surface area contributed by atoms with E-state index in [9.17, 15) is 9.90 Å². The number of carboxylic acid groups (broad SMARTS) is 1. The maximum absolute atomic E-state index is 11.1. The molecule has 0 aromatic heterocycles. The molecular weight excluding hydrogens is 258 g/mol. The van der Waals surface area contributed by atoms with E-state index >= 15 is 0 Å². The van der Waals surface area contributed by atoms with Gasteiger partial charge in [0.1, 0.15) is 0 Å². The number of hydrogen-bond acceptors (Lipinski definition) is 4. The highest BCUT2D eigenvalue weighted by atomic mass is 16.5. The molecule has 0 bridgehead atoms. The lowest BCUT2D eigenvalue weighted by atomic mass is 9.96. The summed E-state index contributed by atoms with van der Waals surface area (Å²) < 4.78 is 5.06. The SMILES string of the molecule is COc1cccc(CNCC2CCCC2C(=O)O)c1O. The van der Waals surface area contributed by atoms with Crippen LogP contribution in [0.15, 0.2) is 18.2 Å². The first-order chi connectivity index (χ1) is 9.63. The zero-order chi connectivity index (χ0) is 14.5. The topological polar surface area (TPSA) is 78.8 Å². The van der Waals surface area contributed by atoms with Gasteiger partial charge in [-0.2, -0.15) is 0 Å². The van der Waals surface area contributed by atoms with Gasteiger partial charge in [-0.3, -0.25) is 4.79 Å². The predicted octanol–water partition coefficient (Wildman–Crippen LogP) is 1.99. The fourth-order valence-corrected chi connectivity index (χ4v) is 2.87. The molecular formula is C15H21NO4. The Balaban J connectivity index is 1.88. The van der Waals surface area contributed by atoms with E-state index in [0.29, 0.717) is 18.8 Å². The van der Waals surface area contributed by atoms with Crippen LogP contribution in [-0.4, -0.2) is 29.8 Å². The minimum Gasteiger partial charge on any atom is -0.504 e. The van der Waals surface area contributed by atoms with E-state index in [-0.39, 0.29) is 17.6 Å². The quantitative estimate of drug-likeness (QED) is 0.742. The predicted molar refractivity (Wildman–Crippen MR) is 74.8 cm³/mol. The second-order valence-corrected chi connectivity index (χ2v) is 5.23. The molecule has 0 saturated heterocycles. The molecule has 20 heavy (non-hydrogen) atoms. The molecule has 0 radical (unpaired) electrons. The molecule has 0 amide bonds. The Morgan fingerprint density at radius 1 is 1.45 bits per heavy atom. The van der Waals surface area contributed by atoms with Crippen molar-refractivity contribution in [3.63, 3.8) is 0 Å². The van der Waals surface area contributed by atoms with E-state index in [0.717, 1.165) is 24.8 Å². The molecule has 0 heterocycles. The third-order valence-electron chi connectivity index (χ3n) is 4.00. The van der Waals surface area contributed by atoms with E-state index in [4.69, 9.17) is 9.84 Å². The molecule has 3 N–H and O–H groups in total. The van der Waals surface area contributed by atoms with Crippen molar-refractivity contribution in [1.29, 1.82) is 0 Å². The molecule has 5 heteroatoms. The van der Waals surface area contributed by atoms with Gasteiger partial charge in [-0.05, 0) is 31.4 Å².